The fraction of sp³-hybridized carbons (Fsp3) is 0.733. The lowest BCUT2D eigenvalue weighted by Crippen LogP contribution is -2.59. The Bertz CT molecular complexity index is 487. The third-order valence-electron chi connectivity index (χ3n) is 5.26. The summed E-state index contributed by atoms with van der Waals surface area (Å²) >= 11 is 1.50. The van der Waals surface area contributed by atoms with Gasteiger partial charge in [-0.2, -0.15) is 0 Å². The summed E-state index contributed by atoms with van der Waals surface area (Å²) in [5, 5.41) is 4.35. The number of nitrogens with one attached hydrogen (secondary N) is 1. The van der Waals surface area contributed by atoms with Gasteiger partial charge in [0.15, 0.2) is 0 Å². The third kappa shape index (κ3) is 2.00. The standard InChI is InChI=1S/C15H20N2OS/c1-9-16-8-13(19-9)14(18)17-15-5-10-2-11(6-15)4-12(3-10)7-15/h8,10-12H,2-7H2,1H3,(H,17,18). The van der Waals surface area contributed by atoms with Crippen LogP contribution in [0.2, 0.25) is 0 Å². The molecule has 102 valence electrons. The van der Waals surface area contributed by atoms with Crippen LogP contribution in [0.3, 0.4) is 0 Å². The zero-order valence-corrected chi connectivity index (χ0v) is 12.1. The summed E-state index contributed by atoms with van der Waals surface area (Å²) in [5.41, 5.74) is 0.115. The predicted molar refractivity (Wildman–Crippen MR) is 75.2 cm³/mol. The maximum Gasteiger partial charge on any atom is 0.263 e. The predicted octanol–water partition coefficient (Wildman–Crippen LogP) is 3.15. The van der Waals surface area contributed by atoms with E-state index >= 15 is 0 Å². The third-order valence-corrected chi connectivity index (χ3v) is 6.17. The lowest BCUT2D eigenvalue weighted by Gasteiger charge is -2.56. The Labute approximate surface area is 117 Å². The number of carbonyl (C=O) groups excluding carboxylic acids is 1. The monoisotopic (exact) mass is 276 g/mol. The molecule has 1 aromatic heterocycles. The molecule has 0 unspecified atom stereocenters. The second-order valence-corrected chi connectivity index (χ2v) is 8.13. The molecule has 5 rings (SSSR count). The average Bonchev–Trinajstić information content (AvgIpc) is 2.73. The molecule has 4 fully saturated rings. The van der Waals surface area contributed by atoms with Crippen molar-refractivity contribution in [3.8, 4) is 0 Å². The highest BCUT2D eigenvalue weighted by atomic mass is 32.1. The van der Waals surface area contributed by atoms with E-state index in [2.05, 4.69) is 10.3 Å². The van der Waals surface area contributed by atoms with Crippen LogP contribution in [0.5, 0.6) is 0 Å². The van der Waals surface area contributed by atoms with Gasteiger partial charge in [0.1, 0.15) is 4.88 Å². The van der Waals surface area contributed by atoms with E-state index in [0.717, 1.165) is 27.6 Å². The number of thiazole rings is 1. The molecule has 0 atom stereocenters. The fourth-order valence-electron chi connectivity index (χ4n) is 5.03. The smallest absolute Gasteiger partial charge is 0.263 e. The molecule has 4 saturated carbocycles. The van der Waals surface area contributed by atoms with Gasteiger partial charge in [0.25, 0.3) is 5.91 Å². The minimum atomic E-state index is 0.104. The van der Waals surface area contributed by atoms with Crippen molar-refractivity contribution in [2.24, 2.45) is 17.8 Å². The summed E-state index contributed by atoms with van der Waals surface area (Å²) < 4.78 is 0. The van der Waals surface area contributed by atoms with Crippen LogP contribution >= 0.6 is 11.3 Å². The van der Waals surface area contributed by atoms with Crippen LogP contribution in [0.15, 0.2) is 6.20 Å². The molecule has 1 aromatic rings. The van der Waals surface area contributed by atoms with Crippen LogP contribution in [0.4, 0.5) is 0 Å². The van der Waals surface area contributed by atoms with Gasteiger partial charge >= 0.3 is 0 Å². The molecule has 4 aliphatic carbocycles. The maximum atomic E-state index is 12.4. The van der Waals surface area contributed by atoms with Crippen molar-refractivity contribution in [1.82, 2.24) is 10.3 Å². The largest absolute Gasteiger partial charge is 0.346 e. The first-order valence-corrected chi connectivity index (χ1v) is 8.18. The van der Waals surface area contributed by atoms with E-state index in [9.17, 15) is 4.79 Å². The van der Waals surface area contributed by atoms with E-state index in [-0.39, 0.29) is 11.4 Å². The number of rotatable bonds is 2. The summed E-state index contributed by atoms with van der Waals surface area (Å²) in [4.78, 5) is 17.4. The van der Waals surface area contributed by atoms with E-state index in [1.54, 1.807) is 6.20 Å². The molecule has 1 heterocycles. The number of nitrogens with zero attached hydrogens (tertiary/aromatic N) is 1. The number of aromatic nitrogens is 1. The van der Waals surface area contributed by atoms with Crippen LogP contribution < -0.4 is 5.32 Å². The summed E-state index contributed by atoms with van der Waals surface area (Å²) in [6.07, 6.45) is 9.59. The molecule has 0 radical (unpaired) electrons. The summed E-state index contributed by atoms with van der Waals surface area (Å²) in [7, 11) is 0. The summed E-state index contributed by atoms with van der Waals surface area (Å²) in [6, 6.07) is 0. The molecular weight excluding hydrogens is 256 g/mol. The Balaban J connectivity index is 1.54. The maximum absolute atomic E-state index is 12.4. The van der Waals surface area contributed by atoms with Crippen molar-refractivity contribution in [3.05, 3.63) is 16.1 Å². The first kappa shape index (κ1) is 11.9. The molecule has 4 bridgehead atoms. The molecule has 19 heavy (non-hydrogen) atoms. The zero-order chi connectivity index (χ0) is 13.0. The average molecular weight is 276 g/mol. The van der Waals surface area contributed by atoms with Gasteiger partial charge < -0.3 is 5.32 Å². The Kier molecular flexibility index (Phi) is 2.53. The number of aryl methyl sites for hydroxylation is 1. The summed E-state index contributed by atoms with van der Waals surface area (Å²) in [6.45, 7) is 1.95. The second-order valence-electron chi connectivity index (χ2n) is 6.90. The first-order chi connectivity index (χ1) is 9.12. The molecule has 0 aromatic carbocycles. The van der Waals surface area contributed by atoms with Crippen molar-refractivity contribution < 1.29 is 4.79 Å². The van der Waals surface area contributed by atoms with Crippen LogP contribution in [-0.4, -0.2) is 16.4 Å². The minimum absolute atomic E-state index is 0.104. The number of hydrogen-bond donors (Lipinski definition) is 1. The van der Waals surface area contributed by atoms with Gasteiger partial charge in [0.2, 0.25) is 0 Å². The van der Waals surface area contributed by atoms with Crippen molar-refractivity contribution >= 4 is 17.2 Å². The number of carbonyl (C=O) groups is 1. The van der Waals surface area contributed by atoms with E-state index in [1.165, 1.54) is 49.9 Å². The van der Waals surface area contributed by atoms with Gasteiger partial charge in [0.05, 0.1) is 11.2 Å². The SMILES string of the molecule is Cc1ncc(C(=O)NC23CC4CC(CC(C4)C2)C3)s1. The Morgan fingerprint density at radius 3 is 2.32 bits per heavy atom. The zero-order valence-electron chi connectivity index (χ0n) is 11.3. The molecule has 0 saturated heterocycles. The normalized spacial score (nSPS) is 39.5. The van der Waals surface area contributed by atoms with Gasteiger partial charge in [-0.1, -0.05) is 0 Å². The van der Waals surface area contributed by atoms with E-state index in [1.807, 2.05) is 6.92 Å². The number of hydrogen-bond acceptors (Lipinski definition) is 3. The Hall–Kier alpha value is -0.900. The molecule has 0 aliphatic heterocycles. The Morgan fingerprint density at radius 1 is 1.26 bits per heavy atom. The highest BCUT2D eigenvalue weighted by molar-refractivity contribution is 7.13. The molecule has 0 spiro atoms. The second kappa shape index (κ2) is 4.05. The molecule has 3 nitrogen and oxygen atoms in total. The van der Waals surface area contributed by atoms with Crippen LogP contribution in [0, 0.1) is 24.7 Å². The molecule has 4 heteroatoms. The van der Waals surface area contributed by atoms with Gasteiger partial charge in [0, 0.05) is 5.54 Å². The van der Waals surface area contributed by atoms with Crippen LogP contribution in [0.25, 0.3) is 0 Å². The number of amides is 1. The lowest BCUT2D eigenvalue weighted by atomic mass is 9.53. The first-order valence-electron chi connectivity index (χ1n) is 7.37. The Morgan fingerprint density at radius 2 is 1.84 bits per heavy atom. The van der Waals surface area contributed by atoms with Crippen molar-refractivity contribution in [3.63, 3.8) is 0 Å². The lowest BCUT2D eigenvalue weighted by molar-refractivity contribution is -0.0166. The van der Waals surface area contributed by atoms with E-state index in [0.29, 0.717) is 0 Å². The van der Waals surface area contributed by atoms with Gasteiger partial charge in [-0.25, -0.2) is 4.98 Å². The quantitative estimate of drug-likeness (QED) is 0.901. The molecule has 1 amide bonds. The van der Waals surface area contributed by atoms with Crippen molar-refractivity contribution in [1.29, 1.82) is 0 Å². The van der Waals surface area contributed by atoms with E-state index < -0.39 is 0 Å². The molecule has 4 aliphatic rings. The van der Waals surface area contributed by atoms with Crippen molar-refractivity contribution in [2.75, 3.05) is 0 Å². The summed E-state index contributed by atoms with van der Waals surface area (Å²) in [5.74, 6) is 2.71. The minimum Gasteiger partial charge on any atom is -0.346 e. The highest BCUT2D eigenvalue weighted by Gasteiger charge is 2.51. The molecular formula is C15H20N2OS. The topological polar surface area (TPSA) is 42.0 Å². The van der Waals surface area contributed by atoms with Gasteiger partial charge in [-0.15, -0.1) is 11.3 Å². The van der Waals surface area contributed by atoms with Crippen LogP contribution in [-0.2, 0) is 0 Å². The van der Waals surface area contributed by atoms with Gasteiger partial charge in [-0.3, -0.25) is 4.79 Å². The molecule has 1 N–H and O–H groups in total. The fourth-order valence-corrected chi connectivity index (χ4v) is 5.71. The van der Waals surface area contributed by atoms with E-state index in [4.69, 9.17) is 0 Å². The highest BCUT2D eigenvalue weighted by Crippen LogP contribution is 2.55. The van der Waals surface area contributed by atoms with Gasteiger partial charge in [-0.05, 0) is 63.2 Å². The van der Waals surface area contributed by atoms with Crippen molar-refractivity contribution in [2.45, 2.75) is 51.0 Å². The van der Waals surface area contributed by atoms with Crippen LogP contribution in [0.1, 0.15) is 53.2 Å².